The van der Waals surface area contributed by atoms with Gasteiger partial charge >= 0.3 is 0 Å². The summed E-state index contributed by atoms with van der Waals surface area (Å²) in [6.45, 7) is 1.95. The minimum absolute atomic E-state index is 0.0599. The van der Waals surface area contributed by atoms with Gasteiger partial charge in [-0.1, -0.05) is 47.2 Å². The highest BCUT2D eigenvalue weighted by atomic mass is 35.5. The van der Waals surface area contributed by atoms with Crippen molar-refractivity contribution in [3.63, 3.8) is 0 Å². The Hall–Kier alpha value is -1.56. The zero-order valence-corrected chi connectivity index (χ0v) is 14.7. The van der Waals surface area contributed by atoms with E-state index in [1.807, 2.05) is 60.4 Å². The fourth-order valence-corrected chi connectivity index (χ4v) is 5.08. The highest BCUT2D eigenvalue weighted by Gasteiger charge is 2.41. The average Bonchev–Trinajstić information content (AvgIpc) is 3.09. The lowest BCUT2D eigenvalue weighted by atomic mass is 10.2. The molecule has 1 aliphatic heterocycles. The van der Waals surface area contributed by atoms with Gasteiger partial charge in [-0.25, -0.2) is 4.98 Å². The van der Waals surface area contributed by atoms with E-state index < -0.39 is 0 Å². The third-order valence-electron chi connectivity index (χ3n) is 3.80. The topological polar surface area (TPSA) is 33.2 Å². The Labute approximate surface area is 147 Å². The average molecular weight is 361 g/mol. The lowest BCUT2D eigenvalue weighted by molar-refractivity contribution is -0.117. The molecule has 116 valence electrons. The van der Waals surface area contributed by atoms with Crippen LogP contribution in [0.25, 0.3) is 10.2 Å². The van der Waals surface area contributed by atoms with Crippen LogP contribution in [0.4, 0.5) is 5.13 Å². The van der Waals surface area contributed by atoms with Crippen LogP contribution in [0.3, 0.4) is 0 Å². The summed E-state index contributed by atoms with van der Waals surface area (Å²) in [6, 6.07) is 15.6. The molecule has 0 radical (unpaired) electrons. The molecule has 6 heteroatoms. The molecule has 2 unspecified atom stereocenters. The van der Waals surface area contributed by atoms with Crippen LogP contribution in [0.15, 0.2) is 48.5 Å². The number of aromatic nitrogens is 1. The highest BCUT2D eigenvalue weighted by molar-refractivity contribution is 8.01. The number of para-hydroxylation sites is 1. The second-order valence-corrected chi connectivity index (χ2v) is 8.23. The molecule has 0 spiro atoms. The number of thiazole rings is 1. The Balaban J connectivity index is 1.79. The Morgan fingerprint density at radius 3 is 2.61 bits per heavy atom. The number of thioether (sulfide) groups is 1. The number of carbonyl (C=O) groups excluding carboxylic acids is 1. The molecule has 0 saturated carbocycles. The van der Waals surface area contributed by atoms with Gasteiger partial charge in [0.25, 0.3) is 0 Å². The first-order valence-electron chi connectivity index (χ1n) is 7.23. The van der Waals surface area contributed by atoms with Gasteiger partial charge in [-0.05, 0) is 36.8 Å². The lowest BCUT2D eigenvalue weighted by Crippen LogP contribution is -2.29. The Morgan fingerprint density at radius 1 is 1.13 bits per heavy atom. The van der Waals surface area contributed by atoms with Crippen molar-refractivity contribution in [2.24, 2.45) is 0 Å². The number of anilines is 1. The molecule has 1 aliphatic rings. The molecule has 0 N–H and O–H groups in total. The van der Waals surface area contributed by atoms with Gasteiger partial charge in [0.15, 0.2) is 5.13 Å². The molecule has 2 atom stereocenters. The Bertz CT molecular complexity index is 845. The van der Waals surface area contributed by atoms with E-state index in [9.17, 15) is 4.79 Å². The summed E-state index contributed by atoms with van der Waals surface area (Å²) in [4.78, 5) is 19.2. The zero-order chi connectivity index (χ0) is 16.0. The molecule has 23 heavy (non-hydrogen) atoms. The van der Waals surface area contributed by atoms with Crippen molar-refractivity contribution >= 4 is 56.0 Å². The number of fused-ring (bicyclic) bond motifs is 1. The number of nitrogens with zero attached hydrogens (tertiary/aromatic N) is 2. The van der Waals surface area contributed by atoms with Gasteiger partial charge in [-0.15, -0.1) is 11.8 Å². The molecule has 2 heterocycles. The first kappa shape index (κ1) is 15.0. The second-order valence-electron chi connectivity index (χ2n) is 5.35. The second kappa shape index (κ2) is 5.82. The van der Waals surface area contributed by atoms with Crippen LogP contribution in [0.1, 0.15) is 17.9 Å². The van der Waals surface area contributed by atoms with Crippen molar-refractivity contribution in [2.75, 3.05) is 4.90 Å². The van der Waals surface area contributed by atoms with Gasteiger partial charge < -0.3 is 0 Å². The molecular formula is C17H13ClN2OS2. The molecule has 0 bridgehead atoms. The van der Waals surface area contributed by atoms with Gasteiger partial charge in [0.1, 0.15) is 5.37 Å². The molecule has 1 saturated heterocycles. The predicted octanol–water partition coefficient (Wildman–Crippen LogP) is 5.12. The molecular weight excluding hydrogens is 348 g/mol. The lowest BCUT2D eigenvalue weighted by Gasteiger charge is -2.21. The summed E-state index contributed by atoms with van der Waals surface area (Å²) in [5.74, 6) is 0.106. The minimum Gasteiger partial charge on any atom is -0.273 e. The number of benzene rings is 2. The van der Waals surface area contributed by atoms with Gasteiger partial charge in [-0.3, -0.25) is 9.69 Å². The van der Waals surface area contributed by atoms with Crippen LogP contribution < -0.4 is 4.90 Å². The number of rotatable bonds is 2. The monoisotopic (exact) mass is 360 g/mol. The first-order chi connectivity index (χ1) is 11.1. The Morgan fingerprint density at radius 2 is 1.87 bits per heavy atom. The van der Waals surface area contributed by atoms with Crippen molar-refractivity contribution in [2.45, 2.75) is 17.5 Å². The van der Waals surface area contributed by atoms with Crippen LogP contribution in [0.5, 0.6) is 0 Å². The number of amides is 1. The van der Waals surface area contributed by atoms with Gasteiger partial charge in [0.05, 0.1) is 15.5 Å². The third kappa shape index (κ3) is 2.63. The number of hydrogen-bond acceptors (Lipinski definition) is 4. The van der Waals surface area contributed by atoms with Gasteiger partial charge in [-0.2, -0.15) is 0 Å². The van der Waals surface area contributed by atoms with Crippen LogP contribution in [0.2, 0.25) is 5.02 Å². The van der Waals surface area contributed by atoms with E-state index in [0.717, 1.165) is 20.9 Å². The van der Waals surface area contributed by atoms with E-state index in [2.05, 4.69) is 4.98 Å². The normalized spacial score (nSPS) is 21.3. The summed E-state index contributed by atoms with van der Waals surface area (Å²) >= 11 is 9.19. The maximum absolute atomic E-state index is 12.7. The first-order valence-corrected chi connectivity index (χ1v) is 9.37. The smallest absolute Gasteiger partial charge is 0.242 e. The Kier molecular flexibility index (Phi) is 3.79. The van der Waals surface area contributed by atoms with E-state index >= 15 is 0 Å². The molecule has 1 aromatic heterocycles. The molecule has 3 aromatic rings. The molecule has 1 fully saturated rings. The highest BCUT2D eigenvalue weighted by Crippen LogP contribution is 2.47. The largest absolute Gasteiger partial charge is 0.273 e. The standard InChI is InChI=1S/C17H13ClN2OS2/c1-10-15(21)20(16(22-10)11-6-8-12(18)9-7-11)17-19-13-4-2-3-5-14(13)23-17/h2-10,16H,1H3. The molecule has 3 nitrogen and oxygen atoms in total. The van der Waals surface area contributed by atoms with E-state index in [-0.39, 0.29) is 16.5 Å². The summed E-state index contributed by atoms with van der Waals surface area (Å²) in [5, 5.41) is 1.31. The summed E-state index contributed by atoms with van der Waals surface area (Å²) in [5.41, 5.74) is 2.00. The summed E-state index contributed by atoms with van der Waals surface area (Å²) in [7, 11) is 0. The number of carbonyl (C=O) groups is 1. The predicted molar refractivity (Wildman–Crippen MR) is 98.4 cm³/mol. The van der Waals surface area contributed by atoms with E-state index in [1.54, 1.807) is 23.1 Å². The summed E-state index contributed by atoms with van der Waals surface area (Å²) in [6.07, 6.45) is 0. The van der Waals surface area contributed by atoms with Crippen LogP contribution >= 0.6 is 34.7 Å². The number of halogens is 1. The van der Waals surface area contributed by atoms with Crippen molar-refractivity contribution in [1.82, 2.24) is 4.98 Å². The van der Waals surface area contributed by atoms with E-state index in [4.69, 9.17) is 11.6 Å². The van der Waals surface area contributed by atoms with Gasteiger partial charge in [0.2, 0.25) is 5.91 Å². The fourth-order valence-electron chi connectivity index (χ4n) is 2.64. The van der Waals surface area contributed by atoms with Crippen molar-refractivity contribution < 1.29 is 4.79 Å². The van der Waals surface area contributed by atoms with Crippen molar-refractivity contribution in [1.29, 1.82) is 0 Å². The number of hydrogen-bond donors (Lipinski definition) is 0. The van der Waals surface area contributed by atoms with Gasteiger partial charge in [0, 0.05) is 5.02 Å². The molecule has 4 rings (SSSR count). The molecule has 1 amide bonds. The molecule has 2 aromatic carbocycles. The summed E-state index contributed by atoms with van der Waals surface area (Å²) < 4.78 is 1.09. The SMILES string of the molecule is CC1SC(c2ccc(Cl)cc2)N(c2nc3ccccc3s2)C1=O. The maximum Gasteiger partial charge on any atom is 0.242 e. The van der Waals surface area contributed by atoms with Crippen LogP contribution in [-0.2, 0) is 4.79 Å². The van der Waals surface area contributed by atoms with Crippen LogP contribution in [-0.4, -0.2) is 16.1 Å². The van der Waals surface area contributed by atoms with Crippen molar-refractivity contribution in [3.05, 3.63) is 59.1 Å². The van der Waals surface area contributed by atoms with E-state index in [0.29, 0.717) is 5.02 Å². The zero-order valence-electron chi connectivity index (χ0n) is 12.3. The quantitative estimate of drug-likeness (QED) is 0.636. The van der Waals surface area contributed by atoms with Crippen LogP contribution in [0, 0.1) is 0 Å². The maximum atomic E-state index is 12.7. The fraction of sp³-hybridized carbons (Fsp3) is 0.176. The minimum atomic E-state index is -0.0808. The molecule has 0 aliphatic carbocycles. The van der Waals surface area contributed by atoms with Crippen molar-refractivity contribution in [3.8, 4) is 0 Å². The third-order valence-corrected chi connectivity index (χ3v) is 6.43. The van der Waals surface area contributed by atoms with E-state index in [1.165, 1.54) is 0 Å².